The fourth-order valence-corrected chi connectivity index (χ4v) is 0.170. The van der Waals surface area contributed by atoms with E-state index in [9.17, 15) is 4.39 Å². The third kappa shape index (κ3) is 0.507. The van der Waals surface area contributed by atoms with Crippen LogP contribution >= 0.6 is 0 Å². The second-order valence-corrected chi connectivity index (χ2v) is 1.33. The van der Waals surface area contributed by atoms with E-state index in [-0.39, 0.29) is 6.61 Å². The molecule has 0 bridgehead atoms. The number of hydrogen-bond donors (Lipinski definition) is 1. The summed E-state index contributed by atoms with van der Waals surface area (Å²) in [5.41, 5.74) is 0. The first kappa shape index (κ1) is 4.02. The molecule has 1 aliphatic rings. The highest BCUT2D eigenvalue weighted by molar-refractivity contribution is 4.77. The van der Waals surface area contributed by atoms with Crippen molar-refractivity contribution in [3.63, 3.8) is 0 Å². The van der Waals surface area contributed by atoms with Crippen LogP contribution in [0.3, 0.4) is 0 Å². The molecule has 1 rings (SSSR count). The molecule has 1 fully saturated rings. The van der Waals surface area contributed by atoms with Gasteiger partial charge in [-0.2, -0.15) is 0 Å². The first-order valence-electron chi connectivity index (χ1n) is 1.71. The number of epoxide rings is 1. The third-order valence-corrected chi connectivity index (χ3v) is 0.694. The van der Waals surface area contributed by atoms with E-state index in [2.05, 4.69) is 4.74 Å². The van der Waals surface area contributed by atoms with E-state index in [1.165, 1.54) is 0 Å². The van der Waals surface area contributed by atoms with Crippen molar-refractivity contribution in [2.24, 2.45) is 0 Å². The zero-order chi connectivity index (χ0) is 4.62. The molecule has 2 nitrogen and oxygen atoms in total. The second-order valence-electron chi connectivity index (χ2n) is 1.33. The van der Waals surface area contributed by atoms with Crippen LogP contribution in [0, 0.1) is 0 Å². The Morgan fingerprint density at radius 2 is 2.50 bits per heavy atom. The van der Waals surface area contributed by atoms with Gasteiger partial charge in [-0.1, -0.05) is 0 Å². The van der Waals surface area contributed by atoms with E-state index in [1.807, 2.05) is 0 Å². The molecule has 1 heterocycles. The van der Waals surface area contributed by atoms with E-state index >= 15 is 0 Å². The Hall–Kier alpha value is -0.150. The number of ether oxygens (including phenoxy) is 1. The maximum atomic E-state index is 11.8. The molecular formula is C3H5FO2. The van der Waals surface area contributed by atoms with Crippen LogP contribution in [0.1, 0.15) is 0 Å². The molecule has 0 aliphatic carbocycles. The van der Waals surface area contributed by atoms with Crippen LogP contribution in [0.2, 0.25) is 0 Å². The number of aliphatic hydroxyl groups is 1. The molecule has 6 heavy (non-hydrogen) atoms. The molecule has 3 heteroatoms. The fraction of sp³-hybridized carbons (Fsp3) is 1.00. The summed E-state index contributed by atoms with van der Waals surface area (Å²) in [6.45, 7) is -0.448. The Labute approximate surface area is 34.5 Å². The summed E-state index contributed by atoms with van der Waals surface area (Å²) < 4.78 is 15.9. The molecule has 1 atom stereocenters. The van der Waals surface area contributed by atoms with Gasteiger partial charge in [0.25, 0.3) is 5.85 Å². The van der Waals surface area contributed by atoms with E-state index in [0.717, 1.165) is 0 Å². The van der Waals surface area contributed by atoms with Gasteiger partial charge in [0.05, 0.1) is 0 Å². The van der Waals surface area contributed by atoms with Gasteiger partial charge >= 0.3 is 0 Å². The number of aliphatic hydroxyl groups excluding tert-OH is 1. The van der Waals surface area contributed by atoms with Crippen molar-refractivity contribution in [2.75, 3.05) is 13.2 Å². The highest BCUT2D eigenvalue weighted by Crippen LogP contribution is 2.26. The van der Waals surface area contributed by atoms with Gasteiger partial charge in [-0.25, -0.2) is 4.39 Å². The van der Waals surface area contributed by atoms with Gasteiger partial charge in [0.2, 0.25) is 0 Å². The zero-order valence-corrected chi connectivity index (χ0v) is 3.15. The van der Waals surface area contributed by atoms with Crippen LogP contribution in [-0.4, -0.2) is 24.2 Å². The van der Waals surface area contributed by atoms with E-state index in [1.54, 1.807) is 0 Å². The van der Waals surface area contributed by atoms with E-state index in [0.29, 0.717) is 0 Å². The Morgan fingerprint density at radius 3 is 2.50 bits per heavy atom. The number of rotatable bonds is 1. The zero-order valence-electron chi connectivity index (χ0n) is 3.15. The summed E-state index contributed by atoms with van der Waals surface area (Å²) in [7, 11) is 0. The largest absolute Gasteiger partial charge is 0.390 e. The average Bonchev–Trinajstić information content (AvgIpc) is 2.22. The van der Waals surface area contributed by atoms with Gasteiger partial charge in [-0.3, -0.25) is 0 Å². The Morgan fingerprint density at radius 1 is 2.00 bits per heavy atom. The van der Waals surface area contributed by atoms with Gasteiger partial charge in [-0.15, -0.1) is 0 Å². The molecule has 0 radical (unpaired) electrons. The SMILES string of the molecule is OC[C@]1(F)CO1. The molecule has 0 spiro atoms. The van der Waals surface area contributed by atoms with Crippen LogP contribution in [0.5, 0.6) is 0 Å². The summed E-state index contributed by atoms with van der Waals surface area (Å²) in [5, 5.41) is 7.97. The number of halogens is 1. The highest BCUT2D eigenvalue weighted by Gasteiger charge is 2.44. The second kappa shape index (κ2) is 0.918. The molecule has 0 unspecified atom stereocenters. The first-order chi connectivity index (χ1) is 2.77. The average molecular weight is 92.1 g/mol. The van der Waals surface area contributed by atoms with Gasteiger partial charge in [-0.05, 0) is 0 Å². The van der Waals surface area contributed by atoms with Crippen molar-refractivity contribution in [1.29, 1.82) is 0 Å². The molecule has 1 N–H and O–H groups in total. The molecule has 0 saturated carbocycles. The van der Waals surface area contributed by atoms with Crippen LogP contribution in [0.25, 0.3) is 0 Å². The van der Waals surface area contributed by atoms with Crippen molar-refractivity contribution in [3.8, 4) is 0 Å². The highest BCUT2D eigenvalue weighted by atomic mass is 19.2. The third-order valence-electron chi connectivity index (χ3n) is 0.694. The van der Waals surface area contributed by atoms with Crippen LogP contribution in [-0.2, 0) is 4.74 Å². The topological polar surface area (TPSA) is 32.8 Å². The van der Waals surface area contributed by atoms with Crippen LogP contribution in [0.4, 0.5) is 4.39 Å². The predicted octanol–water partition coefficient (Wildman–Crippen LogP) is -0.325. The Kier molecular flexibility index (Phi) is 0.615. The van der Waals surface area contributed by atoms with Gasteiger partial charge in [0, 0.05) is 0 Å². The maximum Gasteiger partial charge on any atom is 0.256 e. The monoisotopic (exact) mass is 92.0 g/mol. The van der Waals surface area contributed by atoms with Gasteiger partial charge < -0.3 is 9.84 Å². The van der Waals surface area contributed by atoms with Crippen molar-refractivity contribution in [2.45, 2.75) is 5.85 Å². The molecule has 0 amide bonds. The van der Waals surface area contributed by atoms with Crippen molar-refractivity contribution in [1.82, 2.24) is 0 Å². The molecule has 36 valence electrons. The predicted molar refractivity (Wildman–Crippen MR) is 16.9 cm³/mol. The summed E-state index contributed by atoms with van der Waals surface area (Å²) >= 11 is 0. The minimum absolute atomic E-state index is 0.0590. The quantitative estimate of drug-likeness (QED) is 0.449. The minimum atomic E-state index is -1.65. The van der Waals surface area contributed by atoms with E-state index < -0.39 is 12.5 Å². The Balaban J connectivity index is 2.28. The standard InChI is InChI=1S/C3H5FO2/c4-3(1-5)2-6-3/h5H,1-2H2/t3-/m1/s1. The van der Waals surface area contributed by atoms with Crippen molar-refractivity contribution in [3.05, 3.63) is 0 Å². The molecule has 1 saturated heterocycles. The lowest BCUT2D eigenvalue weighted by Crippen LogP contribution is -2.06. The fourth-order valence-electron chi connectivity index (χ4n) is 0.170. The molecule has 0 aromatic carbocycles. The molecule has 0 aromatic rings. The van der Waals surface area contributed by atoms with Crippen LogP contribution in [0.15, 0.2) is 0 Å². The van der Waals surface area contributed by atoms with Crippen molar-refractivity contribution >= 4 is 0 Å². The lowest BCUT2D eigenvalue weighted by Gasteiger charge is -1.86. The van der Waals surface area contributed by atoms with Crippen LogP contribution < -0.4 is 0 Å². The van der Waals surface area contributed by atoms with E-state index in [4.69, 9.17) is 5.11 Å². The number of hydrogen-bond acceptors (Lipinski definition) is 2. The normalized spacial score (nSPS) is 43.0. The molecule has 0 aromatic heterocycles. The summed E-state index contributed by atoms with van der Waals surface area (Å²) in [6, 6.07) is 0. The molecule has 1 aliphatic heterocycles. The summed E-state index contributed by atoms with van der Waals surface area (Å²) in [4.78, 5) is 0. The lowest BCUT2D eigenvalue weighted by atomic mass is 10.5. The lowest BCUT2D eigenvalue weighted by molar-refractivity contribution is 0.0649. The minimum Gasteiger partial charge on any atom is -0.390 e. The van der Waals surface area contributed by atoms with Gasteiger partial charge in [0.1, 0.15) is 13.2 Å². The van der Waals surface area contributed by atoms with Crippen molar-refractivity contribution < 1.29 is 14.2 Å². The number of alkyl halides is 1. The Bertz CT molecular complexity index is 59.8. The smallest absolute Gasteiger partial charge is 0.256 e. The van der Waals surface area contributed by atoms with Gasteiger partial charge in [0.15, 0.2) is 0 Å². The first-order valence-corrected chi connectivity index (χ1v) is 1.71. The summed E-state index contributed by atoms with van der Waals surface area (Å²) in [6.07, 6.45) is 0. The summed E-state index contributed by atoms with van der Waals surface area (Å²) in [5.74, 6) is -1.65. The maximum absolute atomic E-state index is 11.8. The molecular weight excluding hydrogens is 87.0 g/mol.